The van der Waals surface area contributed by atoms with Crippen molar-refractivity contribution in [2.75, 3.05) is 20.2 Å². The normalized spacial score (nSPS) is 23.0. The van der Waals surface area contributed by atoms with Crippen LogP contribution in [0.15, 0.2) is 18.2 Å². The number of hydrogen-bond donors (Lipinski definition) is 3. The Balaban J connectivity index is 2.07. The van der Waals surface area contributed by atoms with E-state index in [1.165, 1.54) is 12.1 Å². The summed E-state index contributed by atoms with van der Waals surface area (Å²) in [6, 6.07) is 4.31. The van der Waals surface area contributed by atoms with Gasteiger partial charge >= 0.3 is 0 Å². The summed E-state index contributed by atoms with van der Waals surface area (Å²) in [7, 11) is 1.61. The average molecular weight is 271 g/mol. The Morgan fingerprint density at radius 1 is 1.56 bits per heavy atom. The van der Waals surface area contributed by atoms with Crippen LogP contribution < -0.4 is 10.6 Å². The first kappa shape index (κ1) is 13.1. The van der Waals surface area contributed by atoms with Crippen LogP contribution in [0.25, 0.3) is 0 Å². The number of carbonyl (C=O) groups is 1. The van der Waals surface area contributed by atoms with Gasteiger partial charge in [0.05, 0.1) is 17.7 Å². The summed E-state index contributed by atoms with van der Waals surface area (Å²) in [6.07, 6.45) is -0.0524. The van der Waals surface area contributed by atoms with Gasteiger partial charge in [-0.3, -0.25) is 4.79 Å². The quantitative estimate of drug-likeness (QED) is 0.759. The van der Waals surface area contributed by atoms with Gasteiger partial charge in [-0.05, 0) is 18.2 Å². The number of halogens is 1. The number of benzene rings is 1. The molecule has 0 saturated carbocycles. The monoisotopic (exact) mass is 270 g/mol. The van der Waals surface area contributed by atoms with Crippen LogP contribution in [0.5, 0.6) is 5.75 Å². The number of amides is 1. The van der Waals surface area contributed by atoms with Crippen LogP contribution >= 0.6 is 11.6 Å². The third kappa shape index (κ3) is 2.75. The fourth-order valence-electron chi connectivity index (χ4n) is 1.99. The van der Waals surface area contributed by atoms with E-state index >= 15 is 0 Å². The van der Waals surface area contributed by atoms with E-state index in [1.807, 2.05) is 0 Å². The molecule has 1 heterocycles. The number of hydrogen-bond acceptors (Lipinski definition) is 4. The fraction of sp³-hybridized carbons (Fsp3) is 0.417. The van der Waals surface area contributed by atoms with Crippen molar-refractivity contribution < 1.29 is 14.6 Å². The lowest BCUT2D eigenvalue weighted by Gasteiger charge is -2.18. The third-order valence-electron chi connectivity index (χ3n) is 2.98. The minimum atomic E-state index is -0.333. The van der Waals surface area contributed by atoms with Crippen molar-refractivity contribution in [1.29, 1.82) is 0 Å². The summed E-state index contributed by atoms with van der Waals surface area (Å²) >= 11 is 5.72. The van der Waals surface area contributed by atoms with Gasteiger partial charge < -0.3 is 20.5 Å². The van der Waals surface area contributed by atoms with Gasteiger partial charge in [-0.15, -0.1) is 0 Å². The van der Waals surface area contributed by atoms with Gasteiger partial charge in [0.1, 0.15) is 5.75 Å². The molecule has 3 N–H and O–H groups in total. The predicted octanol–water partition coefficient (Wildman–Crippen LogP) is 0.762. The lowest BCUT2D eigenvalue weighted by Crippen LogP contribution is -2.43. The van der Waals surface area contributed by atoms with Crippen LogP contribution in [-0.2, 0) is 4.74 Å². The van der Waals surface area contributed by atoms with E-state index in [0.717, 1.165) is 0 Å². The van der Waals surface area contributed by atoms with Gasteiger partial charge in [0.15, 0.2) is 0 Å². The second kappa shape index (κ2) is 5.56. The molecule has 0 unspecified atom stereocenters. The highest BCUT2D eigenvalue weighted by Crippen LogP contribution is 2.22. The fourth-order valence-corrected chi connectivity index (χ4v) is 2.16. The highest BCUT2D eigenvalue weighted by atomic mass is 35.5. The summed E-state index contributed by atoms with van der Waals surface area (Å²) < 4.78 is 5.25. The van der Waals surface area contributed by atoms with Crippen LogP contribution in [0.3, 0.4) is 0 Å². The number of aromatic hydroxyl groups is 1. The molecule has 0 aliphatic carbocycles. The molecule has 1 amide bonds. The van der Waals surface area contributed by atoms with Crippen molar-refractivity contribution in [3.63, 3.8) is 0 Å². The smallest absolute Gasteiger partial charge is 0.255 e. The minimum absolute atomic E-state index is 0.0524. The maximum Gasteiger partial charge on any atom is 0.255 e. The summed E-state index contributed by atoms with van der Waals surface area (Å²) in [4.78, 5) is 12.0. The van der Waals surface area contributed by atoms with Crippen molar-refractivity contribution in [2.45, 2.75) is 12.1 Å². The van der Waals surface area contributed by atoms with Crippen molar-refractivity contribution in [3.05, 3.63) is 28.8 Å². The Kier molecular flexibility index (Phi) is 4.06. The standard InChI is InChI=1S/C12H15ClN2O3/c1-18-11-6-14-5-9(11)15-12(17)8-3-2-7(13)4-10(8)16/h2-4,9,11,14,16H,5-6H2,1H3,(H,15,17)/t9-,11-/m0/s1. The Labute approximate surface area is 110 Å². The Bertz CT molecular complexity index is 453. The Morgan fingerprint density at radius 3 is 3.00 bits per heavy atom. The number of ether oxygens (including phenoxy) is 1. The molecule has 18 heavy (non-hydrogen) atoms. The first-order chi connectivity index (χ1) is 8.61. The Hall–Kier alpha value is -1.30. The number of carbonyl (C=O) groups excluding carboxylic acids is 1. The first-order valence-corrected chi connectivity index (χ1v) is 6.02. The van der Waals surface area contributed by atoms with Crippen LogP contribution in [0.1, 0.15) is 10.4 Å². The molecule has 2 atom stereocenters. The molecule has 5 nitrogen and oxygen atoms in total. The SMILES string of the molecule is CO[C@H]1CNC[C@@H]1NC(=O)c1ccc(Cl)cc1O. The zero-order valence-corrected chi connectivity index (χ0v) is 10.7. The summed E-state index contributed by atoms with van der Waals surface area (Å²) in [5.41, 5.74) is 0.209. The van der Waals surface area contributed by atoms with E-state index in [1.54, 1.807) is 13.2 Å². The van der Waals surface area contributed by atoms with Crippen LogP contribution in [-0.4, -0.2) is 43.4 Å². The molecule has 1 aliphatic rings. The molecule has 0 radical (unpaired) electrons. The van der Waals surface area contributed by atoms with E-state index in [0.29, 0.717) is 18.1 Å². The van der Waals surface area contributed by atoms with Gasteiger partial charge in [-0.2, -0.15) is 0 Å². The van der Waals surface area contributed by atoms with Gasteiger partial charge in [0, 0.05) is 25.2 Å². The van der Waals surface area contributed by atoms with Crippen LogP contribution in [0, 0.1) is 0 Å². The predicted molar refractivity (Wildman–Crippen MR) is 68.0 cm³/mol. The highest BCUT2D eigenvalue weighted by molar-refractivity contribution is 6.30. The summed E-state index contributed by atoms with van der Waals surface area (Å²) in [6.45, 7) is 1.35. The van der Waals surface area contributed by atoms with Gasteiger partial charge in [0.25, 0.3) is 5.91 Å². The third-order valence-corrected chi connectivity index (χ3v) is 3.22. The molecule has 1 fully saturated rings. The maximum atomic E-state index is 12.0. The number of rotatable bonds is 3. The number of methoxy groups -OCH3 is 1. The maximum absolute atomic E-state index is 12.0. The van der Waals surface area contributed by atoms with E-state index in [4.69, 9.17) is 16.3 Å². The molecule has 1 saturated heterocycles. The van der Waals surface area contributed by atoms with E-state index in [9.17, 15) is 9.90 Å². The highest BCUT2D eigenvalue weighted by Gasteiger charge is 2.28. The minimum Gasteiger partial charge on any atom is -0.507 e. The lowest BCUT2D eigenvalue weighted by atomic mass is 10.1. The van der Waals surface area contributed by atoms with Gasteiger partial charge in [-0.1, -0.05) is 11.6 Å². The molecule has 1 aromatic carbocycles. The average Bonchev–Trinajstić information content (AvgIpc) is 2.76. The first-order valence-electron chi connectivity index (χ1n) is 5.64. The van der Waals surface area contributed by atoms with Gasteiger partial charge in [0.2, 0.25) is 0 Å². The molecule has 0 spiro atoms. The zero-order valence-electron chi connectivity index (χ0n) is 9.94. The molecule has 2 rings (SSSR count). The molecule has 6 heteroatoms. The molecule has 1 aromatic rings. The topological polar surface area (TPSA) is 70.6 Å². The zero-order chi connectivity index (χ0) is 13.1. The van der Waals surface area contributed by atoms with E-state index in [2.05, 4.69) is 10.6 Å². The second-order valence-electron chi connectivity index (χ2n) is 4.17. The lowest BCUT2D eigenvalue weighted by molar-refractivity contribution is 0.0778. The molecular weight excluding hydrogens is 256 g/mol. The van der Waals surface area contributed by atoms with Crippen molar-refractivity contribution in [2.24, 2.45) is 0 Å². The molecule has 0 bridgehead atoms. The van der Waals surface area contributed by atoms with E-state index in [-0.39, 0.29) is 29.4 Å². The van der Waals surface area contributed by atoms with Crippen molar-refractivity contribution >= 4 is 17.5 Å². The van der Waals surface area contributed by atoms with Crippen LogP contribution in [0.4, 0.5) is 0 Å². The summed E-state index contributed by atoms with van der Waals surface area (Å²) in [5.74, 6) is -0.458. The second-order valence-corrected chi connectivity index (χ2v) is 4.61. The summed E-state index contributed by atoms with van der Waals surface area (Å²) in [5, 5.41) is 16.0. The Morgan fingerprint density at radius 2 is 2.33 bits per heavy atom. The largest absolute Gasteiger partial charge is 0.507 e. The number of phenols is 1. The van der Waals surface area contributed by atoms with Crippen LogP contribution in [0.2, 0.25) is 5.02 Å². The van der Waals surface area contributed by atoms with Crippen molar-refractivity contribution in [3.8, 4) is 5.75 Å². The van der Waals surface area contributed by atoms with Gasteiger partial charge in [-0.25, -0.2) is 0 Å². The molecular formula is C12H15ClN2O3. The number of nitrogens with one attached hydrogen (secondary N) is 2. The molecule has 98 valence electrons. The van der Waals surface area contributed by atoms with E-state index < -0.39 is 0 Å². The number of phenolic OH excluding ortho intramolecular Hbond substituents is 1. The molecule has 1 aliphatic heterocycles. The van der Waals surface area contributed by atoms with Crippen molar-refractivity contribution in [1.82, 2.24) is 10.6 Å². The molecule has 0 aromatic heterocycles.